The molecule has 226 valence electrons. The molecule has 0 spiro atoms. The fraction of sp³-hybridized carbons (Fsp3) is 0.441. The zero-order chi connectivity index (χ0) is 30.2. The van der Waals surface area contributed by atoms with Crippen molar-refractivity contribution in [2.75, 3.05) is 13.2 Å². The number of nitrogens with zero attached hydrogens (tertiary/aromatic N) is 1. The standard InChI is InChI=1S/C34H45NO6Si/c1-34(2,3)42(4,5)41-25-30-32(39-23-27-17-11-7-12-18-27)31(38-22-26-15-9-6-10-16-26)29(21-36)35(30)33(37)40-24-28-19-13-8-14-20-28/h6-20,29-32,36H,21-25H2,1-5H3/t29-,30-,31-,32-/m1/s1. The normalized spacial score (nSPS) is 21.0. The van der Waals surface area contributed by atoms with Crippen LogP contribution in [0.3, 0.4) is 0 Å². The summed E-state index contributed by atoms with van der Waals surface area (Å²) in [6.45, 7) is 11.6. The van der Waals surface area contributed by atoms with E-state index >= 15 is 0 Å². The van der Waals surface area contributed by atoms with Gasteiger partial charge in [0, 0.05) is 0 Å². The Labute approximate surface area is 251 Å². The molecule has 0 bridgehead atoms. The van der Waals surface area contributed by atoms with Crippen LogP contribution < -0.4 is 0 Å². The van der Waals surface area contributed by atoms with Crippen LogP contribution in [0.2, 0.25) is 18.1 Å². The molecule has 1 aliphatic rings. The minimum atomic E-state index is -2.19. The predicted octanol–water partition coefficient (Wildman–Crippen LogP) is 6.56. The monoisotopic (exact) mass is 591 g/mol. The van der Waals surface area contributed by atoms with Crippen LogP contribution in [0, 0.1) is 0 Å². The van der Waals surface area contributed by atoms with E-state index in [9.17, 15) is 9.90 Å². The quantitative estimate of drug-likeness (QED) is 0.240. The van der Waals surface area contributed by atoms with Crippen molar-refractivity contribution in [3.8, 4) is 0 Å². The van der Waals surface area contributed by atoms with Gasteiger partial charge in [-0.15, -0.1) is 0 Å². The Bertz CT molecular complexity index is 1240. The van der Waals surface area contributed by atoms with Crippen LogP contribution in [-0.2, 0) is 38.5 Å². The highest BCUT2D eigenvalue weighted by Crippen LogP contribution is 2.39. The van der Waals surface area contributed by atoms with E-state index in [1.807, 2.05) is 91.0 Å². The summed E-state index contributed by atoms with van der Waals surface area (Å²) in [5.41, 5.74) is 2.89. The van der Waals surface area contributed by atoms with Crippen LogP contribution in [0.5, 0.6) is 0 Å². The number of hydrogen-bond donors (Lipinski definition) is 1. The molecule has 1 saturated heterocycles. The highest BCUT2D eigenvalue weighted by atomic mass is 28.4. The van der Waals surface area contributed by atoms with Crippen molar-refractivity contribution in [1.82, 2.24) is 4.90 Å². The molecule has 0 unspecified atom stereocenters. The van der Waals surface area contributed by atoms with Gasteiger partial charge in [-0.05, 0) is 34.8 Å². The molecule has 1 heterocycles. The summed E-state index contributed by atoms with van der Waals surface area (Å²) in [5, 5.41) is 10.7. The summed E-state index contributed by atoms with van der Waals surface area (Å²) in [6, 6.07) is 28.2. The zero-order valence-corrected chi connectivity index (χ0v) is 26.4. The zero-order valence-electron chi connectivity index (χ0n) is 25.4. The summed E-state index contributed by atoms with van der Waals surface area (Å²) >= 11 is 0. The molecule has 4 atom stereocenters. The van der Waals surface area contributed by atoms with Crippen molar-refractivity contribution in [3.63, 3.8) is 0 Å². The number of hydrogen-bond acceptors (Lipinski definition) is 6. The first-order chi connectivity index (χ1) is 20.1. The Balaban J connectivity index is 1.65. The number of carbonyl (C=O) groups excluding carboxylic acids is 1. The average Bonchev–Trinajstić information content (AvgIpc) is 3.30. The number of amides is 1. The second kappa shape index (κ2) is 14.4. The molecule has 7 nitrogen and oxygen atoms in total. The Kier molecular flexibility index (Phi) is 11.0. The molecule has 0 saturated carbocycles. The summed E-state index contributed by atoms with van der Waals surface area (Å²) in [6.07, 6.45) is -1.68. The first-order valence-corrected chi connectivity index (χ1v) is 17.6. The molecule has 0 aliphatic carbocycles. The first kappa shape index (κ1) is 31.9. The van der Waals surface area contributed by atoms with Gasteiger partial charge >= 0.3 is 6.09 Å². The highest BCUT2D eigenvalue weighted by molar-refractivity contribution is 6.74. The van der Waals surface area contributed by atoms with Crippen LogP contribution in [0.15, 0.2) is 91.0 Å². The molecule has 1 amide bonds. The molecule has 3 aromatic rings. The second-order valence-electron chi connectivity index (χ2n) is 12.4. The van der Waals surface area contributed by atoms with Gasteiger partial charge in [-0.2, -0.15) is 0 Å². The van der Waals surface area contributed by atoms with Gasteiger partial charge in [0.15, 0.2) is 8.32 Å². The third-order valence-electron chi connectivity index (χ3n) is 8.39. The second-order valence-corrected chi connectivity index (χ2v) is 17.2. The smallest absolute Gasteiger partial charge is 0.410 e. The van der Waals surface area contributed by atoms with Crippen molar-refractivity contribution >= 4 is 14.4 Å². The number of carbonyl (C=O) groups is 1. The molecule has 4 rings (SSSR count). The SMILES string of the molecule is CC(C)(C)[Si](C)(C)OC[C@@H]1[C@@H](OCc2ccccc2)[C@H](OCc2ccccc2)[C@@H](CO)N1C(=O)OCc1ccccc1. The van der Waals surface area contributed by atoms with Gasteiger partial charge in [-0.1, -0.05) is 112 Å². The van der Waals surface area contributed by atoms with E-state index in [0.717, 1.165) is 16.7 Å². The molecule has 1 aliphatic heterocycles. The predicted molar refractivity (Wildman–Crippen MR) is 166 cm³/mol. The van der Waals surface area contributed by atoms with E-state index in [-0.39, 0.29) is 24.9 Å². The van der Waals surface area contributed by atoms with Gasteiger partial charge in [0.05, 0.1) is 38.5 Å². The maximum atomic E-state index is 13.8. The van der Waals surface area contributed by atoms with Gasteiger partial charge in [0.2, 0.25) is 0 Å². The summed E-state index contributed by atoms with van der Waals surface area (Å²) in [4.78, 5) is 15.4. The summed E-state index contributed by atoms with van der Waals surface area (Å²) < 4.78 is 25.6. The summed E-state index contributed by atoms with van der Waals surface area (Å²) in [7, 11) is -2.19. The van der Waals surface area contributed by atoms with Crippen molar-refractivity contribution in [3.05, 3.63) is 108 Å². The van der Waals surface area contributed by atoms with Crippen molar-refractivity contribution < 1.29 is 28.5 Å². The molecule has 8 heteroatoms. The average molecular weight is 592 g/mol. The molecular formula is C34H45NO6Si. The Morgan fingerprint density at radius 3 is 1.60 bits per heavy atom. The maximum absolute atomic E-state index is 13.8. The maximum Gasteiger partial charge on any atom is 0.410 e. The Morgan fingerprint density at radius 2 is 1.17 bits per heavy atom. The van der Waals surface area contributed by atoms with E-state index in [0.29, 0.717) is 13.2 Å². The van der Waals surface area contributed by atoms with Crippen LogP contribution in [0.1, 0.15) is 37.5 Å². The molecule has 0 radical (unpaired) electrons. The largest absolute Gasteiger partial charge is 0.445 e. The molecular weight excluding hydrogens is 546 g/mol. The van der Waals surface area contributed by atoms with Gasteiger partial charge in [-0.3, -0.25) is 4.90 Å². The van der Waals surface area contributed by atoms with Crippen LogP contribution in [-0.4, -0.2) is 61.9 Å². The van der Waals surface area contributed by atoms with E-state index in [2.05, 4.69) is 33.9 Å². The molecule has 0 aromatic heterocycles. The fourth-order valence-electron chi connectivity index (χ4n) is 4.89. The van der Waals surface area contributed by atoms with Gasteiger partial charge in [0.1, 0.15) is 18.8 Å². The Hall–Kier alpha value is -3.01. The molecule has 42 heavy (non-hydrogen) atoms. The topological polar surface area (TPSA) is 77.5 Å². The Morgan fingerprint density at radius 1 is 0.738 bits per heavy atom. The number of ether oxygens (including phenoxy) is 3. The molecule has 1 N–H and O–H groups in total. The lowest BCUT2D eigenvalue weighted by Crippen LogP contribution is -2.50. The third kappa shape index (κ3) is 8.08. The molecule has 3 aromatic carbocycles. The fourth-order valence-corrected chi connectivity index (χ4v) is 5.91. The van der Waals surface area contributed by atoms with Gasteiger partial charge in [-0.25, -0.2) is 4.79 Å². The number of benzene rings is 3. The van der Waals surface area contributed by atoms with Gasteiger partial charge < -0.3 is 23.7 Å². The van der Waals surface area contributed by atoms with E-state index in [1.54, 1.807) is 4.90 Å². The minimum Gasteiger partial charge on any atom is -0.445 e. The van der Waals surface area contributed by atoms with Crippen LogP contribution >= 0.6 is 0 Å². The van der Waals surface area contributed by atoms with Crippen LogP contribution in [0.25, 0.3) is 0 Å². The molecule has 1 fully saturated rings. The minimum absolute atomic E-state index is 0.0236. The number of likely N-dealkylation sites (tertiary alicyclic amines) is 1. The van der Waals surface area contributed by atoms with E-state index in [1.165, 1.54) is 0 Å². The van der Waals surface area contributed by atoms with Crippen molar-refractivity contribution in [2.24, 2.45) is 0 Å². The summed E-state index contributed by atoms with van der Waals surface area (Å²) in [5.74, 6) is 0. The first-order valence-electron chi connectivity index (χ1n) is 14.7. The van der Waals surface area contributed by atoms with Crippen molar-refractivity contribution in [2.45, 2.75) is 83.0 Å². The lowest BCUT2D eigenvalue weighted by atomic mass is 10.1. The number of aliphatic hydroxyl groups is 1. The number of rotatable bonds is 12. The highest BCUT2D eigenvalue weighted by Gasteiger charge is 2.54. The van der Waals surface area contributed by atoms with Gasteiger partial charge in [0.25, 0.3) is 0 Å². The van der Waals surface area contributed by atoms with Crippen LogP contribution in [0.4, 0.5) is 4.79 Å². The lowest BCUT2D eigenvalue weighted by Gasteiger charge is -2.38. The van der Waals surface area contributed by atoms with Crippen molar-refractivity contribution in [1.29, 1.82) is 0 Å². The van der Waals surface area contributed by atoms with E-state index in [4.69, 9.17) is 18.6 Å². The van der Waals surface area contributed by atoms with E-state index < -0.39 is 38.7 Å². The third-order valence-corrected chi connectivity index (χ3v) is 12.9. The lowest BCUT2D eigenvalue weighted by molar-refractivity contribution is -0.0852. The number of aliphatic hydroxyl groups excluding tert-OH is 1.